The van der Waals surface area contributed by atoms with Crippen molar-refractivity contribution in [1.82, 2.24) is 14.7 Å². The highest BCUT2D eigenvalue weighted by atomic mass is 16.5. The van der Waals surface area contributed by atoms with E-state index in [1.54, 1.807) is 14.2 Å². The van der Waals surface area contributed by atoms with Crippen LogP contribution < -0.4 is 4.74 Å². The molecule has 3 fully saturated rings. The molecule has 0 aromatic heterocycles. The Morgan fingerprint density at radius 3 is 2.05 bits per heavy atom. The zero-order chi connectivity index (χ0) is 27.0. The van der Waals surface area contributed by atoms with E-state index in [1.165, 1.54) is 10.5 Å². The molecule has 2 aromatic rings. The van der Waals surface area contributed by atoms with E-state index in [4.69, 9.17) is 9.47 Å². The summed E-state index contributed by atoms with van der Waals surface area (Å²) >= 11 is 0. The van der Waals surface area contributed by atoms with Gasteiger partial charge in [0, 0.05) is 19.2 Å². The molecule has 3 amide bonds. The maximum absolute atomic E-state index is 14.2. The number of imide groups is 1. The number of ether oxygens (including phenoxy) is 2. The minimum absolute atomic E-state index is 0.0567. The Bertz CT molecular complexity index is 1130. The fourth-order valence-corrected chi connectivity index (χ4v) is 6.89. The van der Waals surface area contributed by atoms with Crippen LogP contribution in [0.25, 0.3) is 0 Å². The summed E-state index contributed by atoms with van der Waals surface area (Å²) in [5.74, 6) is 0.698. The number of carbonyl (C=O) groups is 2. The van der Waals surface area contributed by atoms with Gasteiger partial charge in [0.05, 0.1) is 19.3 Å². The Labute approximate surface area is 226 Å². The van der Waals surface area contributed by atoms with Crippen LogP contribution >= 0.6 is 0 Å². The molecule has 0 atom stereocenters. The number of urea groups is 1. The van der Waals surface area contributed by atoms with Crippen LogP contribution in [0.5, 0.6) is 5.75 Å². The van der Waals surface area contributed by atoms with E-state index in [0.717, 1.165) is 49.8 Å². The average molecular weight is 520 g/mol. The van der Waals surface area contributed by atoms with Crippen LogP contribution in [0, 0.1) is 0 Å². The van der Waals surface area contributed by atoms with Crippen molar-refractivity contribution in [3.8, 4) is 5.75 Å². The lowest BCUT2D eigenvalue weighted by atomic mass is 9.67. The zero-order valence-electron chi connectivity index (χ0n) is 23.2. The molecule has 5 rings (SSSR count). The van der Waals surface area contributed by atoms with Crippen LogP contribution in [0.15, 0.2) is 54.6 Å². The van der Waals surface area contributed by atoms with Crippen LogP contribution in [0.3, 0.4) is 0 Å². The molecule has 1 saturated heterocycles. The van der Waals surface area contributed by atoms with Crippen LogP contribution in [0.2, 0.25) is 0 Å². The molecule has 3 aliphatic rings. The minimum atomic E-state index is -0.809. The first-order chi connectivity index (χ1) is 18.3. The van der Waals surface area contributed by atoms with Gasteiger partial charge in [-0.2, -0.15) is 0 Å². The molecule has 2 saturated carbocycles. The second-order valence-electron chi connectivity index (χ2n) is 11.5. The van der Waals surface area contributed by atoms with Gasteiger partial charge in [-0.05, 0) is 88.7 Å². The fraction of sp³-hybridized carbons (Fsp3) is 0.548. The van der Waals surface area contributed by atoms with Crippen LogP contribution in [0.1, 0.15) is 62.5 Å². The van der Waals surface area contributed by atoms with Crippen molar-refractivity contribution in [3.63, 3.8) is 0 Å². The average Bonchev–Trinajstić information content (AvgIpc) is 3.10. The molecular formula is C31H41N3O4. The quantitative estimate of drug-likeness (QED) is 0.427. The molecule has 1 aliphatic heterocycles. The molecule has 1 spiro atoms. The first-order valence-corrected chi connectivity index (χ1v) is 13.8. The largest absolute Gasteiger partial charge is 0.497 e. The third-order valence-electron chi connectivity index (χ3n) is 9.68. The summed E-state index contributed by atoms with van der Waals surface area (Å²) in [6.07, 6.45) is 6.85. The number of carbonyl (C=O) groups excluding carboxylic acids is 2. The van der Waals surface area contributed by atoms with Crippen molar-refractivity contribution < 1.29 is 19.1 Å². The van der Waals surface area contributed by atoms with Crippen molar-refractivity contribution >= 4 is 11.9 Å². The Balaban J connectivity index is 1.44. The van der Waals surface area contributed by atoms with E-state index < -0.39 is 5.54 Å². The van der Waals surface area contributed by atoms with E-state index in [0.29, 0.717) is 19.4 Å². The topological polar surface area (TPSA) is 62.3 Å². The summed E-state index contributed by atoms with van der Waals surface area (Å²) in [7, 11) is 7.65. The van der Waals surface area contributed by atoms with E-state index in [2.05, 4.69) is 43.3 Å². The van der Waals surface area contributed by atoms with E-state index in [1.807, 2.05) is 35.2 Å². The number of nitrogens with zero attached hydrogens (tertiary/aromatic N) is 3. The van der Waals surface area contributed by atoms with Crippen LogP contribution in [0.4, 0.5) is 4.79 Å². The lowest BCUT2D eigenvalue weighted by molar-refractivity contribution is -0.137. The summed E-state index contributed by atoms with van der Waals surface area (Å²) < 4.78 is 11.2. The Hall–Kier alpha value is -2.90. The molecule has 0 unspecified atom stereocenters. The molecule has 0 N–H and O–H groups in total. The van der Waals surface area contributed by atoms with Gasteiger partial charge in [0.15, 0.2) is 0 Å². The van der Waals surface area contributed by atoms with Gasteiger partial charge in [0.2, 0.25) is 0 Å². The zero-order valence-corrected chi connectivity index (χ0v) is 23.2. The van der Waals surface area contributed by atoms with Crippen molar-refractivity contribution in [3.05, 3.63) is 65.7 Å². The summed E-state index contributed by atoms with van der Waals surface area (Å²) in [5, 5.41) is 0. The van der Waals surface area contributed by atoms with Crippen molar-refractivity contribution in [1.29, 1.82) is 0 Å². The summed E-state index contributed by atoms with van der Waals surface area (Å²) in [5.41, 5.74) is 1.05. The molecule has 2 aliphatic carbocycles. The molecule has 0 bridgehead atoms. The summed E-state index contributed by atoms with van der Waals surface area (Å²) in [4.78, 5) is 33.8. The maximum atomic E-state index is 14.2. The number of rotatable bonds is 9. The van der Waals surface area contributed by atoms with E-state index >= 15 is 0 Å². The number of benzene rings is 2. The lowest BCUT2D eigenvalue weighted by Crippen LogP contribution is -2.58. The van der Waals surface area contributed by atoms with Gasteiger partial charge in [-0.3, -0.25) is 14.6 Å². The molecule has 0 radical (unpaired) electrons. The van der Waals surface area contributed by atoms with Crippen LogP contribution in [-0.4, -0.2) is 72.6 Å². The van der Waals surface area contributed by atoms with Gasteiger partial charge in [-0.1, -0.05) is 42.5 Å². The van der Waals surface area contributed by atoms with Crippen LogP contribution in [-0.2, 0) is 21.6 Å². The predicted octanol–water partition coefficient (Wildman–Crippen LogP) is 5.19. The Kier molecular flexibility index (Phi) is 7.27. The highest BCUT2D eigenvalue weighted by molar-refractivity contribution is 6.07. The van der Waals surface area contributed by atoms with Gasteiger partial charge >= 0.3 is 6.03 Å². The number of hydrogen-bond donors (Lipinski definition) is 0. The fourth-order valence-electron chi connectivity index (χ4n) is 6.89. The second-order valence-corrected chi connectivity index (χ2v) is 11.5. The van der Waals surface area contributed by atoms with E-state index in [9.17, 15) is 9.59 Å². The number of amides is 3. The molecule has 204 valence electrons. The molecule has 1 heterocycles. The van der Waals surface area contributed by atoms with Gasteiger partial charge in [0.25, 0.3) is 5.91 Å². The lowest BCUT2D eigenvalue weighted by Gasteiger charge is -2.50. The Morgan fingerprint density at radius 1 is 0.868 bits per heavy atom. The number of hydrogen-bond acceptors (Lipinski definition) is 5. The van der Waals surface area contributed by atoms with Crippen molar-refractivity contribution in [2.45, 2.75) is 74.6 Å². The monoisotopic (exact) mass is 519 g/mol. The molecule has 38 heavy (non-hydrogen) atoms. The van der Waals surface area contributed by atoms with Gasteiger partial charge in [-0.25, -0.2) is 4.79 Å². The van der Waals surface area contributed by atoms with E-state index in [-0.39, 0.29) is 29.6 Å². The molecule has 7 heteroatoms. The normalized spacial score (nSPS) is 26.8. The molecule has 2 aromatic carbocycles. The Morgan fingerprint density at radius 2 is 1.53 bits per heavy atom. The third kappa shape index (κ3) is 4.39. The highest BCUT2D eigenvalue weighted by Crippen LogP contribution is 2.50. The summed E-state index contributed by atoms with van der Waals surface area (Å²) in [6, 6.07) is 18.0. The maximum Gasteiger partial charge on any atom is 0.327 e. The third-order valence-corrected chi connectivity index (χ3v) is 9.68. The SMILES string of the molecule is COc1ccc(CN2C(=O)N(CCC3(OC)CCC3)[C@]3(CC[C@@](c4ccccc4)(N(C)C)CC3)C2=O)cc1. The van der Waals surface area contributed by atoms with Gasteiger partial charge < -0.3 is 14.4 Å². The summed E-state index contributed by atoms with van der Waals surface area (Å²) in [6.45, 7) is 0.810. The molecule has 7 nitrogen and oxygen atoms in total. The smallest absolute Gasteiger partial charge is 0.327 e. The first-order valence-electron chi connectivity index (χ1n) is 13.8. The first kappa shape index (κ1) is 26.7. The minimum Gasteiger partial charge on any atom is -0.497 e. The van der Waals surface area contributed by atoms with Gasteiger partial charge in [0.1, 0.15) is 11.3 Å². The number of methoxy groups -OCH3 is 2. The van der Waals surface area contributed by atoms with Gasteiger partial charge in [-0.15, -0.1) is 0 Å². The van der Waals surface area contributed by atoms with Crippen molar-refractivity contribution in [2.24, 2.45) is 0 Å². The predicted molar refractivity (Wildman–Crippen MR) is 147 cm³/mol. The standard InChI is InChI=1S/C31H41N3O4/c1-32(2)30(25-9-6-5-7-10-25)17-19-31(20-18-30)27(35)33(23-24-11-13-26(37-3)14-12-24)28(36)34(31)22-21-29(38-4)15-8-16-29/h5-7,9-14H,8,15-23H2,1-4H3/t30-,31+. The highest BCUT2D eigenvalue weighted by Gasteiger charge is 2.60. The van der Waals surface area contributed by atoms with Crippen molar-refractivity contribution in [2.75, 3.05) is 34.9 Å². The second kappa shape index (κ2) is 10.3. The molecular weight excluding hydrogens is 478 g/mol.